The molecule has 2 aromatic heterocycles. The number of aliphatic hydroxyl groups excluding tert-OH is 2. The molecule has 0 spiro atoms. The molecule has 35 heavy (non-hydrogen) atoms. The lowest BCUT2D eigenvalue weighted by Gasteiger charge is -2.18. The lowest BCUT2D eigenvalue weighted by Crippen LogP contribution is -2.39. The highest BCUT2D eigenvalue weighted by Crippen LogP contribution is 2.30. The highest BCUT2D eigenvalue weighted by molar-refractivity contribution is 6.08. The van der Waals surface area contributed by atoms with Crippen molar-refractivity contribution in [2.75, 3.05) is 29.9 Å². The number of aryl methyl sites for hydroxylation is 2. The van der Waals surface area contributed by atoms with E-state index in [0.717, 1.165) is 6.54 Å². The average Bonchev–Trinajstić information content (AvgIpc) is 3.27. The van der Waals surface area contributed by atoms with Gasteiger partial charge in [-0.25, -0.2) is 9.97 Å². The number of nitrogen functional groups attached to an aromatic ring is 2. The zero-order chi connectivity index (χ0) is 24.7. The number of nitrogens with two attached hydrogens (primary N) is 2. The number of aliphatic hydroxyl groups is 2. The summed E-state index contributed by atoms with van der Waals surface area (Å²) in [4.78, 5) is 7.85. The highest BCUT2D eigenvalue weighted by Gasteiger charge is 2.42. The summed E-state index contributed by atoms with van der Waals surface area (Å²) < 4.78 is 8.17. The summed E-state index contributed by atoms with van der Waals surface area (Å²) in [5.41, 5.74) is 16.6. The number of fused-ring (bicyclic) bond motifs is 3. The maximum absolute atomic E-state index is 10.5. The second-order valence-corrected chi connectivity index (χ2v) is 9.14. The van der Waals surface area contributed by atoms with E-state index in [0.29, 0.717) is 13.1 Å². The van der Waals surface area contributed by atoms with Gasteiger partial charge in [0.15, 0.2) is 17.9 Å². The average molecular weight is 478 g/mol. The number of anilines is 3. The van der Waals surface area contributed by atoms with Gasteiger partial charge in [-0.05, 0) is 37.6 Å². The molecule has 1 saturated heterocycles. The first kappa shape index (κ1) is 23.3. The van der Waals surface area contributed by atoms with Crippen LogP contribution in [0.25, 0.3) is 21.8 Å². The minimum Gasteiger partial charge on any atom is -0.393 e. The number of aromatic nitrogens is 3. The molecule has 0 aliphatic carbocycles. The van der Waals surface area contributed by atoms with Gasteiger partial charge in [-0.1, -0.05) is 23.8 Å². The van der Waals surface area contributed by atoms with Gasteiger partial charge < -0.3 is 41.6 Å². The maximum atomic E-state index is 10.5. The molecule has 1 fully saturated rings. The van der Waals surface area contributed by atoms with Crippen LogP contribution < -0.4 is 22.1 Å². The van der Waals surface area contributed by atoms with Crippen molar-refractivity contribution in [3.63, 3.8) is 0 Å². The Kier molecular flexibility index (Phi) is 6.20. The maximum Gasteiger partial charge on any atom is 0.158 e. The van der Waals surface area contributed by atoms with E-state index in [1.807, 2.05) is 0 Å². The summed E-state index contributed by atoms with van der Waals surface area (Å²) >= 11 is 0. The van der Waals surface area contributed by atoms with Crippen LogP contribution in [0.4, 0.5) is 17.3 Å². The van der Waals surface area contributed by atoms with E-state index in [1.54, 1.807) is 0 Å². The Morgan fingerprint density at radius 2 is 1.74 bits per heavy atom. The minimum absolute atomic E-state index is 0.129. The van der Waals surface area contributed by atoms with Gasteiger partial charge in [-0.2, -0.15) is 0 Å². The Labute approximate surface area is 202 Å². The van der Waals surface area contributed by atoms with Crippen molar-refractivity contribution in [2.24, 2.45) is 0 Å². The number of hydrogen-bond donors (Lipinski definition) is 6. The van der Waals surface area contributed by atoms with Gasteiger partial charge in [-0.15, -0.1) is 0 Å². The van der Waals surface area contributed by atoms with Crippen LogP contribution in [0.3, 0.4) is 0 Å². The van der Waals surface area contributed by atoms with Crippen molar-refractivity contribution in [1.29, 1.82) is 0 Å². The van der Waals surface area contributed by atoms with Crippen LogP contribution in [0.15, 0.2) is 42.7 Å². The predicted molar refractivity (Wildman–Crippen MR) is 137 cm³/mol. The van der Waals surface area contributed by atoms with Crippen molar-refractivity contribution in [3.8, 4) is 0 Å². The Morgan fingerprint density at radius 3 is 2.57 bits per heavy atom. The highest BCUT2D eigenvalue weighted by atomic mass is 16.6. The Morgan fingerprint density at radius 1 is 0.971 bits per heavy atom. The van der Waals surface area contributed by atoms with E-state index in [1.165, 1.54) is 39.3 Å². The molecule has 10 heteroatoms. The molecule has 4 unspecified atom stereocenters. The third-order valence-electron chi connectivity index (χ3n) is 6.59. The van der Waals surface area contributed by atoms with E-state index < -0.39 is 24.5 Å². The molecule has 8 N–H and O–H groups in total. The molecule has 2 aromatic carbocycles. The SMILES string of the molecule is Cc1ccc2c(c1)c1ccc(C)cc1n2CCNCC1OC(Nc2ncnc(N)c2N)C(O)C1O. The zero-order valence-corrected chi connectivity index (χ0v) is 19.8. The second kappa shape index (κ2) is 9.31. The molecule has 5 rings (SSSR count). The molecule has 4 aromatic rings. The smallest absolute Gasteiger partial charge is 0.158 e. The number of benzene rings is 2. The van der Waals surface area contributed by atoms with Crippen LogP contribution in [-0.2, 0) is 11.3 Å². The molecule has 0 bridgehead atoms. The van der Waals surface area contributed by atoms with Crippen LogP contribution in [0.2, 0.25) is 0 Å². The third-order valence-corrected chi connectivity index (χ3v) is 6.59. The molecular weight excluding hydrogens is 446 g/mol. The van der Waals surface area contributed by atoms with E-state index in [4.69, 9.17) is 16.2 Å². The standard InChI is InChI=1S/C25H31N7O3/c1-13-4-6-17-16(9-13)15-5-3-14(2)10-18(15)32(17)8-7-28-11-19-21(33)22(34)25(35-19)31-24-20(26)23(27)29-12-30-24/h3-6,9-10,12,19,21-22,25,28,33-34H,7-8,11,26H2,1-2H3,(H3,27,29,30,31). The molecule has 0 amide bonds. The zero-order valence-electron chi connectivity index (χ0n) is 19.8. The molecule has 0 radical (unpaired) electrons. The summed E-state index contributed by atoms with van der Waals surface area (Å²) in [6, 6.07) is 13.1. The van der Waals surface area contributed by atoms with Crippen LogP contribution in [0.5, 0.6) is 0 Å². The van der Waals surface area contributed by atoms with Gasteiger partial charge in [0.1, 0.15) is 30.3 Å². The molecule has 0 saturated carbocycles. The molecule has 10 nitrogen and oxygen atoms in total. The molecule has 1 aliphatic heterocycles. The van der Waals surface area contributed by atoms with Gasteiger partial charge in [0.2, 0.25) is 0 Å². The molecule has 1 aliphatic rings. The number of ether oxygens (including phenoxy) is 1. The summed E-state index contributed by atoms with van der Waals surface area (Å²) in [6.45, 7) is 5.99. The molecular formula is C25H31N7O3. The van der Waals surface area contributed by atoms with E-state index in [-0.39, 0.29) is 17.3 Å². The molecule has 4 atom stereocenters. The summed E-state index contributed by atoms with van der Waals surface area (Å²) in [5, 5.41) is 29.7. The van der Waals surface area contributed by atoms with E-state index in [9.17, 15) is 10.2 Å². The predicted octanol–water partition coefficient (Wildman–Crippen LogP) is 1.51. The van der Waals surface area contributed by atoms with Crippen LogP contribution >= 0.6 is 0 Å². The first-order valence-electron chi connectivity index (χ1n) is 11.7. The largest absolute Gasteiger partial charge is 0.393 e. The van der Waals surface area contributed by atoms with Crippen molar-refractivity contribution < 1.29 is 14.9 Å². The van der Waals surface area contributed by atoms with Crippen LogP contribution in [0.1, 0.15) is 11.1 Å². The van der Waals surface area contributed by atoms with Crippen LogP contribution in [-0.4, -0.2) is 62.4 Å². The first-order chi connectivity index (χ1) is 16.8. The lowest BCUT2D eigenvalue weighted by atomic mass is 10.1. The van der Waals surface area contributed by atoms with Crippen molar-refractivity contribution in [3.05, 3.63) is 53.9 Å². The van der Waals surface area contributed by atoms with Crippen molar-refractivity contribution >= 4 is 39.1 Å². The van der Waals surface area contributed by atoms with E-state index >= 15 is 0 Å². The van der Waals surface area contributed by atoms with Gasteiger partial charge in [0, 0.05) is 41.4 Å². The topological polar surface area (TPSA) is 156 Å². The quantitative estimate of drug-likeness (QED) is 0.217. The van der Waals surface area contributed by atoms with E-state index in [2.05, 4.69) is 75.4 Å². The lowest BCUT2D eigenvalue weighted by molar-refractivity contribution is 0.0194. The van der Waals surface area contributed by atoms with Crippen molar-refractivity contribution in [2.45, 2.75) is 44.9 Å². The minimum atomic E-state index is -1.15. The summed E-state index contributed by atoms with van der Waals surface area (Å²) in [6.07, 6.45) is -2.44. The summed E-state index contributed by atoms with van der Waals surface area (Å²) in [7, 11) is 0. The van der Waals surface area contributed by atoms with Gasteiger partial charge in [0.25, 0.3) is 0 Å². The number of nitrogens with zero attached hydrogens (tertiary/aromatic N) is 3. The molecule has 3 heterocycles. The monoisotopic (exact) mass is 477 g/mol. The Bertz CT molecular complexity index is 1370. The first-order valence-corrected chi connectivity index (χ1v) is 11.7. The number of rotatable bonds is 7. The third kappa shape index (κ3) is 4.37. The Hall–Kier alpha value is -3.44. The fraction of sp³-hybridized carbons (Fsp3) is 0.360. The van der Waals surface area contributed by atoms with Crippen molar-refractivity contribution in [1.82, 2.24) is 19.9 Å². The van der Waals surface area contributed by atoms with Gasteiger partial charge in [-0.3, -0.25) is 0 Å². The normalized spacial score (nSPS) is 22.3. The fourth-order valence-electron chi connectivity index (χ4n) is 4.70. The fourth-order valence-corrected chi connectivity index (χ4v) is 4.70. The molecule has 184 valence electrons. The summed E-state index contributed by atoms with van der Waals surface area (Å²) in [5.74, 6) is 0.378. The van der Waals surface area contributed by atoms with Crippen LogP contribution in [0, 0.1) is 13.8 Å². The second-order valence-electron chi connectivity index (χ2n) is 9.14. The van der Waals surface area contributed by atoms with Gasteiger partial charge >= 0.3 is 0 Å². The number of nitrogens with one attached hydrogen (secondary N) is 2. The number of hydrogen-bond acceptors (Lipinski definition) is 9. The Balaban J connectivity index is 1.24. The van der Waals surface area contributed by atoms with Gasteiger partial charge in [0.05, 0.1) is 0 Å².